The van der Waals surface area contributed by atoms with Crippen molar-refractivity contribution < 1.29 is 9.53 Å². The van der Waals surface area contributed by atoms with Crippen molar-refractivity contribution in [1.82, 2.24) is 10.2 Å². The fourth-order valence-electron chi connectivity index (χ4n) is 1.85. The van der Waals surface area contributed by atoms with E-state index in [1.54, 1.807) is 6.08 Å². The molecule has 0 saturated carbocycles. The first-order valence-corrected chi connectivity index (χ1v) is 8.95. The van der Waals surface area contributed by atoms with Crippen LogP contribution in [0.3, 0.4) is 0 Å². The number of aromatic nitrogens is 2. The number of hydrogen-bond donors (Lipinski definition) is 1. The molecule has 0 unspecified atom stereocenters. The standard InChI is InChI=1S/C18H23N3O2S/c1-4-5-12-23-15-9-6-14(7-10-15)8-11-16(22)19-18-21-20-17(24-18)13(2)3/h6-11,13H,4-5,12H2,1-3H3,(H,19,21,22). The normalized spacial score (nSPS) is 11.2. The third-order valence-corrected chi connectivity index (χ3v) is 4.38. The lowest BCUT2D eigenvalue weighted by molar-refractivity contribution is -0.111. The van der Waals surface area contributed by atoms with E-state index in [4.69, 9.17) is 4.74 Å². The van der Waals surface area contributed by atoms with Gasteiger partial charge in [-0.15, -0.1) is 10.2 Å². The van der Waals surface area contributed by atoms with Crippen LogP contribution in [0, 0.1) is 0 Å². The average molecular weight is 345 g/mol. The zero-order valence-corrected chi connectivity index (χ0v) is 15.1. The zero-order valence-electron chi connectivity index (χ0n) is 14.3. The quantitative estimate of drug-likeness (QED) is 0.565. The number of benzene rings is 1. The number of amides is 1. The highest BCUT2D eigenvalue weighted by atomic mass is 32.1. The van der Waals surface area contributed by atoms with Gasteiger partial charge >= 0.3 is 0 Å². The smallest absolute Gasteiger partial charge is 0.250 e. The molecule has 0 aliphatic heterocycles. The van der Waals surface area contributed by atoms with Crippen LogP contribution in [-0.4, -0.2) is 22.7 Å². The number of carbonyl (C=O) groups is 1. The second kappa shape index (κ2) is 9.17. The Kier molecular flexibility index (Phi) is 6.93. The third-order valence-electron chi connectivity index (χ3n) is 3.24. The lowest BCUT2D eigenvalue weighted by Gasteiger charge is -2.04. The predicted octanol–water partition coefficient (Wildman–Crippen LogP) is 4.49. The van der Waals surface area contributed by atoms with Crippen LogP contribution < -0.4 is 10.1 Å². The highest BCUT2D eigenvalue weighted by Gasteiger charge is 2.08. The number of nitrogens with zero attached hydrogens (tertiary/aromatic N) is 2. The van der Waals surface area contributed by atoms with E-state index in [0.29, 0.717) is 11.0 Å². The van der Waals surface area contributed by atoms with Gasteiger partial charge in [0, 0.05) is 12.0 Å². The Balaban J connectivity index is 1.86. The Labute approximate surface area is 146 Å². The Morgan fingerprint density at radius 2 is 2.04 bits per heavy atom. The summed E-state index contributed by atoms with van der Waals surface area (Å²) in [6.45, 7) is 6.95. The van der Waals surface area contributed by atoms with Crippen LogP contribution in [-0.2, 0) is 4.79 Å². The van der Waals surface area contributed by atoms with Gasteiger partial charge in [0.25, 0.3) is 0 Å². The summed E-state index contributed by atoms with van der Waals surface area (Å²) in [5.41, 5.74) is 0.938. The molecule has 128 valence electrons. The Bertz CT molecular complexity index is 678. The molecule has 1 aromatic carbocycles. The summed E-state index contributed by atoms with van der Waals surface area (Å²) < 4.78 is 5.61. The molecule has 2 aromatic rings. The summed E-state index contributed by atoms with van der Waals surface area (Å²) in [7, 11) is 0. The summed E-state index contributed by atoms with van der Waals surface area (Å²) in [5, 5.41) is 12.2. The zero-order chi connectivity index (χ0) is 17.4. The molecule has 1 aromatic heterocycles. The van der Waals surface area contributed by atoms with Gasteiger partial charge in [0.15, 0.2) is 0 Å². The maximum atomic E-state index is 11.9. The first kappa shape index (κ1) is 18.1. The molecule has 0 saturated heterocycles. The van der Waals surface area contributed by atoms with Gasteiger partial charge in [0.1, 0.15) is 10.8 Å². The van der Waals surface area contributed by atoms with E-state index >= 15 is 0 Å². The van der Waals surface area contributed by atoms with Crippen LogP contribution in [0.5, 0.6) is 5.75 Å². The molecule has 2 rings (SSSR count). The summed E-state index contributed by atoms with van der Waals surface area (Å²) in [6, 6.07) is 7.67. The van der Waals surface area contributed by atoms with Crippen molar-refractivity contribution in [1.29, 1.82) is 0 Å². The van der Waals surface area contributed by atoms with E-state index < -0.39 is 0 Å². The second-order valence-electron chi connectivity index (χ2n) is 5.69. The molecule has 6 heteroatoms. The Morgan fingerprint density at radius 3 is 2.67 bits per heavy atom. The summed E-state index contributed by atoms with van der Waals surface area (Å²) in [6.07, 6.45) is 5.41. The van der Waals surface area contributed by atoms with E-state index in [2.05, 4.69) is 22.4 Å². The van der Waals surface area contributed by atoms with Crippen LogP contribution in [0.2, 0.25) is 0 Å². The molecule has 1 N–H and O–H groups in total. The van der Waals surface area contributed by atoms with Crippen LogP contribution in [0.25, 0.3) is 6.08 Å². The van der Waals surface area contributed by atoms with Crippen molar-refractivity contribution in [2.75, 3.05) is 11.9 Å². The molecular weight excluding hydrogens is 322 g/mol. The molecule has 24 heavy (non-hydrogen) atoms. The minimum atomic E-state index is -0.218. The SMILES string of the molecule is CCCCOc1ccc(C=CC(=O)Nc2nnc(C(C)C)s2)cc1. The molecule has 1 heterocycles. The number of nitrogens with one attached hydrogen (secondary N) is 1. The van der Waals surface area contributed by atoms with Gasteiger partial charge in [-0.05, 0) is 30.2 Å². The molecular formula is C18H23N3O2S. The van der Waals surface area contributed by atoms with Crippen LogP contribution in [0.1, 0.15) is 50.1 Å². The maximum absolute atomic E-state index is 11.9. The molecule has 0 atom stereocenters. The van der Waals surface area contributed by atoms with E-state index in [-0.39, 0.29) is 5.91 Å². The average Bonchev–Trinajstić information content (AvgIpc) is 3.03. The first-order valence-electron chi connectivity index (χ1n) is 8.13. The van der Waals surface area contributed by atoms with Crippen molar-refractivity contribution in [3.63, 3.8) is 0 Å². The van der Waals surface area contributed by atoms with Crippen molar-refractivity contribution in [3.8, 4) is 5.75 Å². The van der Waals surface area contributed by atoms with Crippen LogP contribution in [0.15, 0.2) is 30.3 Å². The van der Waals surface area contributed by atoms with Crippen LogP contribution >= 0.6 is 11.3 Å². The fourth-order valence-corrected chi connectivity index (χ4v) is 2.60. The van der Waals surface area contributed by atoms with Crippen molar-refractivity contribution in [2.45, 2.75) is 39.5 Å². The van der Waals surface area contributed by atoms with E-state index in [9.17, 15) is 4.79 Å². The second-order valence-corrected chi connectivity index (χ2v) is 6.70. The first-order chi connectivity index (χ1) is 11.6. The van der Waals surface area contributed by atoms with E-state index in [1.165, 1.54) is 17.4 Å². The lowest BCUT2D eigenvalue weighted by Crippen LogP contribution is -2.07. The largest absolute Gasteiger partial charge is 0.494 e. The molecule has 0 aliphatic rings. The Hall–Kier alpha value is -2.21. The van der Waals surface area contributed by atoms with Gasteiger partial charge < -0.3 is 4.74 Å². The van der Waals surface area contributed by atoms with Gasteiger partial charge in [0.05, 0.1) is 6.61 Å². The summed E-state index contributed by atoms with van der Waals surface area (Å²) in [4.78, 5) is 11.9. The maximum Gasteiger partial charge on any atom is 0.250 e. The molecule has 0 aliphatic carbocycles. The van der Waals surface area contributed by atoms with Crippen molar-refractivity contribution >= 4 is 28.5 Å². The highest BCUT2D eigenvalue weighted by molar-refractivity contribution is 7.15. The van der Waals surface area contributed by atoms with Gasteiger partial charge in [-0.1, -0.05) is 50.7 Å². The molecule has 0 bridgehead atoms. The molecule has 0 spiro atoms. The van der Waals surface area contributed by atoms with Gasteiger partial charge in [0.2, 0.25) is 11.0 Å². The summed E-state index contributed by atoms with van der Waals surface area (Å²) in [5.74, 6) is 0.937. The van der Waals surface area contributed by atoms with Crippen molar-refractivity contribution in [2.24, 2.45) is 0 Å². The van der Waals surface area contributed by atoms with Crippen LogP contribution in [0.4, 0.5) is 5.13 Å². The number of hydrogen-bond acceptors (Lipinski definition) is 5. The number of unbranched alkanes of at least 4 members (excludes halogenated alkanes) is 1. The lowest BCUT2D eigenvalue weighted by atomic mass is 10.2. The number of ether oxygens (including phenoxy) is 1. The summed E-state index contributed by atoms with van der Waals surface area (Å²) >= 11 is 1.40. The Morgan fingerprint density at radius 1 is 1.29 bits per heavy atom. The minimum absolute atomic E-state index is 0.218. The molecule has 5 nitrogen and oxygen atoms in total. The number of rotatable bonds is 8. The van der Waals surface area contributed by atoms with Crippen molar-refractivity contribution in [3.05, 3.63) is 40.9 Å². The number of anilines is 1. The minimum Gasteiger partial charge on any atom is -0.494 e. The molecule has 0 radical (unpaired) electrons. The van der Waals surface area contributed by atoms with E-state index in [1.807, 2.05) is 38.1 Å². The monoisotopic (exact) mass is 345 g/mol. The van der Waals surface area contributed by atoms with Gasteiger partial charge in [-0.25, -0.2) is 0 Å². The number of carbonyl (C=O) groups excluding carboxylic acids is 1. The third kappa shape index (κ3) is 5.77. The highest BCUT2D eigenvalue weighted by Crippen LogP contribution is 2.22. The molecule has 0 fully saturated rings. The molecule has 1 amide bonds. The van der Waals surface area contributed by atoms with Gasteiger partial charge in [-0.3, -0.25) is 10.1 Å². The van der Waals surface area contributed by atoms with E-state index in [0.717, 1.165) is 35.8 Å². The topological polar surface area (TPSA) is 64.1 Å². The predicted molar refractivity (Wildman–Crippen MR) is 98.5 cm³/mol. The van der Waals surface area contributed by atoms with Gasteiger partial charge in [-0.2, -0.15) is 0 Å². The fraction of sp³-hybridized carbons (Fsp3) is 0.389.